The highest BCUT2D eigenvalue weighted by atomic mass is 35.5. The minimum absolute atomic E-state index is 0.133. The van der Waals surface area contributed by atoms with Gasteiger partial charge in [-0.15, -0.1) is 0 Å². The number of hydrogen-bond donors (Lipinski definition) is 1. The fourth-order valence-electron chi connectivity index (χ4n) is 6.50. The minimum Gasteiger partial charge on any atom is -0.396 e. The average Bonchev–Trinajstić information content (AvgIpc) is 3.26. The zero-order chi connectivity index (χ0) is 27.1. The largest absolute Gasteiger partial charge is 0.396 e. The van der Waals surface area contributed by atoms with E-state index in [1.165, 1.54) is 4.90 Å². The van der Waals surface area contributed by atoms with Gasteiger partial charge >= 0.3 is 0 Å². The Bertz CT molecular complexity index is 1350. The molecule has 2 aromatic rings. The summed E-state index contributed by atoms with van der Waals surface area (Å²) >= 11 is 6.47. The van der Waals surface area contributed by atoms with Crippen LogP contribution >= 0.6 is 11.6 Å². The van der Waals surface area contributed by atoms with Crippen molar-refractivity contribution in [2.45, 2.75) is 30.7 Å². The van der Waals surface area contributed by atoms with Gasteiger partial charge < -0.3 is 24.5 Å². The van der Waals surface area contributed by atoms with E-state index in [1.807, 2.05) is 54.6 Å². The number of rotatable bonds is 6. The summed E-state index contributed by atoms with van der Waals surface area (Å²) in [5, 5.41) is 10.00. The van der Waals surface area contributed by atoms with E-state index in [2.05, 4.69) is 0 Å². The van der Waals surface area contributed by atoms with Gasteiger partial charge in [-0.25, -0.2) is 0 Å². The van der Waals surface area contributed by atoms with Gasteiger partial charge in [-0.1, -0.05) is 78.4 Å². The molecule has 4 aliphatic heterocycles. The molecule has 3 amide bonds. The first-order valence-corrected chi connectivity index (χ1v) is 13.7. The SMILES string of the molecule is O=C1[C@@H]2[C@H]3C(=O)N(CCCO)C4C(=O)N(c5ccccc5Cl)CC=C[C@@]43O[C@@H]2C=CCN1Cc1ccccc1. The van der Waals surface area contributed by atoms with Gasteiger partial charge in [0.25, 0.3) is 5.91 Å². The second-order valence-electron chi connectivity index (χ2n) is 10.4. The van der Waals surface area contributed by atoms with Gasteiger partial charge in [0, 0.05) is 32.8 Å². The Kier molecular flexibility index (Phi) is 6.79. The molecule has 8 nitrogen and oxygen atoms in total. The highest BCUT2D eigenvalue weighted by molar-refractivity contribution is 6.34. The fraction of sp³-hybridized carbons (Fsp3) is 0.367. The predicted octanol–water partition coefficient (Wildman–Crippen LogP) is 2.80. The van der Waals surface area contributed by atoms with Gasteiger partial charge in [0.1, 0.15) is 11.6 Å². The lowest BCUT2D eigenvalue weighted by Gasteiger charge is -2.35. The lowest BCUT2D eigenvalue weighted by Crippen LogP contribution is -2.55. The molecule has 0 bridgehead atoms. The summed E-state index contributed by atoms with van der Waals surface area (Å²) in [5.41, 5.74) is 0.220. The molecule has 5 atom stereocenters. The van der Waals surface area contributed by atoms with Gasteiger partial charge in [-0.3, -0.25) is 14.4 Å². The summed E-state index contributed by atoms with van der Waals surface area (Å²) in [5.74, 6) is -2.43. The van der Waals surface area contributed by atoms with Crippen LogP contribution < -0.4 is 4.90 Å². The normalized spacial score (nSPS) is 29.8. The molecule has 1 spiro atoms. The van der Waals surface area contributed by atoms with Crippen molar-refractivity contribution in [3.05, 3.63) is 89.5 Å². The van der Waals surface area contributed by atoms with Crippen molar-refractivity contribution >= 4 is 35.0 Å². The standard InChI is InChI=1S/C30H30ClN3O5/c31-21-11-4-5-12-22(21)33-16-7-14-30-25(28(37)34(17-8-18-35)26(30)29(33)38)24-23(39-30)13-6-15-32(27(24)36)19-20-9-2-1-3-10-20/h1-7,9-14,23-26,35H,8,15-19H2/t23-,24+,25+,26?,30+/m1/s1. The summed E-state index contributed by atoms with van der Waals surface area (Å²) in [6.45, 7) is 1.11. The number of aliphatic hydroxyl groups excluding tert-OH is 1. The zero-order valence-electron chi connectivity index (χ0n) is 21.4. The van der Waals surface area contributed by atoms with Gasteiger partial charge in [0.2, 0.25) is 11.8 Å². The van der Waals surface area contributed by atoms with E-state index in [9.17, 15) is 19.5 Å². The maximum atomic E-state index is 14.3. The first-order chi connectivity index (χ1) is 19.0. The number of nitrogens with zero attached hydrogens (tertiary/aromatic N) is 3. The summed E-state index contributed by atoms with van der Waals surface area (Å²) in [7, 11) is 0. The average molecular weight is 548 g/mol. The Morgan fingerprint density at radius 2 is 1.72 bits per heavy atom. The van der Waals surface area contributed by atoms with Crippen molar-refractivity contribution < 1.29 is 24.2 Å². The van der Waals surface area contributed by atoms with E-state index in [1.54, 1.807) is 34.1 Å². The van der Waals surface area contributed by atoms with E-state index < -0.39 is 29.6 Å². The molecule has 0 saturated carbocycles. The molecule has 4 aliphatic rings. The number of carbonyl (C=O) groups is 3. The molecule has 2 fully saturated rings. The fourth-order valence-corrected chi connectivity index (χ4v) is 6.74. The maximum Gasteiger partial charge on any atom is 0.253 e. The number of carbonyl (C=O) groups excluding carboxylic acids is 3. The smallest absolute Gasteiger partial charge is 0.253 e. The molecule has 0 aliphatic carbocycles. The molecule has 9 heteroatoms. The third-order valence-corrected chi connectivity index (χ3v) is 8.48. The van der Waals surface area contributed by atoms with Crippen LogP contribution in [-0.4, -0.2) is 76.6 Å². The number of fused-ring (bicyclic) bond motifs is 2. The van der Waals surface area contributed by atoms with Crippen LogP contribution in [0, 0.1) is 11.8 Å². The number of hydrogen-bond acceptors (Lipinski definition) is 5. The summed E-state index contributed by atoms with van der Waals surface area (Å²) in [4.78, 5) is 47.3. The Morgan fingerprint density at radius 1 is 0.949 bits per heavy atom. The van der Waals surface area contributed by atoms with E-state index in [4.69, 9.17) is 16.3 Å². The van der Waals surface area contributed by atoms with E-state index >= 15 is 0 Å². The molecule has 6 rings (SSSR count). The van der Waals surface area contributed by atoms with Crippen LogP contribution in [0.25, 0.3) is 0 Å². The van der Waals surface area contributed by atoms with Gasteiger partial charge in [0.15, 0.2) is 0 Å². The second kappa shape index (κ2) is 10.3. The van der Waals surface area contributed by atoms with Crippen LogP contribution in [-0.2, 0) is 25.7 Å². The molecule has 1 N–H and O–H groups in total. The van der Waals surface area contributed by atoms with Gasteiger partial charge in [-0.2, -0.15) is 0 Å². The van der Waals surface area contributed by atoms with Crippen molar-refractivity contribution in [1.29, 1.82) is 0 Å². The molecular formula is C30H30ClN3O5. The topological polar surface area (TPSA) is 90.4 Å². The maximum absolute atomic E-state index is 14.3. The van der Waals surface area contributed by atoms with Crippen LogP contribution in [0.5, 0.6) is 0 Å². The van der Waals surface area contributed by atoms with E-state index in [0.717, 1.165) is 5.56 Å². The molecule has 202 valence electrons. The first kappa shape index (κ1) is 25.8. The number of aliphatic hydroxyl groups is 1. The quantitative estimate of drug-likeness (QED) is 0.562. The summed E-state index contributed by atoms with van der Waals surface area (Å²) in [6, 6.07) is 15.8. The minimum atomic E-state index is -1.31. The van der Waals surface area contributed by atoms with Crippen molar-refractivity contribution in [2.75, 3.05) is 31.1 Å². The van der Waals surface area contributed by atoms with E-state index in [0.29, 0.717) is 30.2 Å². The van der Waals surface area contributed by atoms with Crippen molar-refractivity contribution in [1.82, 2.24) is 9.80 Å². The lowest BCUT2D eigenvalue weighted by atomic mass is 9.77. The Morgan fingerprint density at radius 3 is 2.49 bits per heavy atom. The van der Waals surface area contributed by atoms with Crippen molar-refractivity contribution in [2.24, 2.45) is 11.8 Å². The highest BCUT2D eigenvalue weighted by Gasteiger charge is 2.71. The molecule has 1 unspecified atom stereocenters. The molecule has 4 heterocycles. The molecule has 2 saturated heterocycles. The number of benzene rings is 2. The van der Waals surface area contributed by atoms with Crippen molar-refractivity contribution in [3.63, 3.8) is 0 Å². The van der Waals surface area contributed by atoms with Gasteiger partial charge in [0.05, 0.1) is 28.6 Å². The van der Waals surface area contributed by atoms with Crippen LogP contribution in [0.4, 0.5) is 5.69 Å². The molecule has 0 aromatic heterocycles. The van der Waals surface area contributed by atoms with E-state index in [-0.39, 0.29) is 37.4 Å². The molecular weight excluding hydrogens is 518 g/mol. The predicted molar refractivity (Wildman–Crippen MR) is 146 cm³/mol. The number of likely N-dealkylation sites (tertiary alicyclic amines) is 1. The third kappa shape index (κ3) is 4.18. The molecule has 2 aromatic carbocycles. The Hall–Kier alpha value is -3.46. The van der Waals surface area contributed by atoms with Crippen LogP contribution in [0.2, 0.25) is 5.02 Å². The lowest BCUT2D eigenvalue weighted by molar-refractivity contribution is -0.144. The summed E-state index contributed by atoms with van der Waals surface area (Å²) < 4.78 is 6.65. The van der Waals surface area contributed by atoms with Crippen LogP contribution in [0.1, 0.15) is 12.0 Å². The summed E-state index contributed by atoms with van der Waals surface area (Å²) in [6.07, 6.45) is 7.07. The molecule has 39 heavy (non-hydrogen) atoms. The highest BCUT2D eigenvalue weighted by Crippen LogP contribution is 2.53. The zero-order valence-corrected chi connectivity index (χ0v) is 22.1. The number of amides is 3. The third-order valence-electron chi connectivity index (χ3n) is 8.16. The van der Waals surface area contributed by atoms with Crippen molar-refractivity contribution in [3.8, 4) is 0 Å². The molecule has 0 radical (unpaired) electrons. The number of anilines is 1. The van der Waals surface area contributed by atoms with Crippen LogP contribution in [0.15, 0.2) is 78.9 Å². The van der Waals surface area contributed by atoms with Gasteiger partial charge in [-0.05, 0) is 24.1 Å². The number of para-hydroxylation sites is 1. The second-order valence-corrected chi connectivity index (χ2v) is 10.8. The number of halogens is 1. The monoisotopic (exact) mass is 547 g/mol. The number of ether oxygens (including phenoxy) is 1. The van der Waals surface area contributed by atoms with Crippen LogP contribution in [0.3, 0.4) is 0 Å². The first-order valence-electron chi connectivity index (χ1n) is 13.3. The Balaban J connectivity index is 1.40. The Labute approximate surface area is 232 Å².